The van der Waals surface area contributed by atoms with Crippen LogP contribution in [0.1, 0.15) is 111 Å². The van der Waals surface area contributed by atoms with E-state index in [1.54, 1.807) is 33.6 Å². The molecule has 5 atom stereocenters. The number of allylic oxidation sites excluding steroid dienone is 4. The zero-order valence-electron chi connectivity index (χ0n) is 43.4. The van der Waals surface area contributed by atoms with Gasteiger partial charge in [0, 0.05) is 88.0 Å². The van der Waals surface area contributed by atoms with Crippen LogP contribution in [0.15, 0.2) is 94.3 Å². The molecule has 4 aromatic rings. The monoisotopic (exact) mass is 1020 g/mol. The molecule has 14 nitrogen and oxygen atoms in total. The van der Waals surface area contributed by atoms with Gasteiger partial charge >= 0.3 is 0 Å². The highest BCUT2D eigenvalue weighted by molar-refractivity contribution is 5.95. The van der Waals surface area contributed by atoms with Crippen molar-refractivity contribution in [2.45, 2.75) is 95.5 Å². The fourth-order valence-electron chi connectivity index (χ4n) is 13.2. The van der Waals surface area contributed by atoms with Gasteiger partial charge in [-0.2, -0.15) is 5.10 Å². The van der Waals surface area contributed by atoms with E-state index in [0.717, 1.165) is 70.9 Å². The lowest BCUT2D eigenvalue weighted by Crippen LogP contribution is -2.64. The fraction of sp³-hybridized carbons (Fsp3) is 0.500. The molecule has 15 heteroatoms. The van der Waals surface area contributed by atoms with Crippen LogP contribution >= 0.6 is 0 Å². The lowest BCUT2D eigenvalue weighted by atomic mass is 9.49. The largest absolute Gasteiger partial charge is 0.377 e. The predicted octanol–water partition coefficient (Wildman–Crippen LogP) is 7.46. The quantitative estimate of drug-likeness (QED) is 0.0713. The van der Waals surface area contributed by atoms with Crippen LogP contribution < -0.4 is 15.8 Å². The third-order valence-corrected chi connectivity index (χ3v) is 17.1. The van der Waals surface area contributed by atoms with E-state index < -0.39 is 11.7 Å². The normalized spacial score (nSPS) is 23.7. The number of amides is 3. The summed E-state index contributed by atoms with van der Waals surface area (Å²) in [5, 5.41) is 10.9. The summed E-state index contributed by atoms with van der Waals surface area (Å²) >= 11 is 0. The Balaban J connectivity index is 0.589. The molecule has 4 fully saturated rings. The number of nitrogens with zero attached hydrogens (tertiary/aromatic N) is 4. The maximum Gasteiger partial charge on any atom is 0.272 e. The number of H-pyrrole nitrogens is 1. The van der Waals surface area contributed by atoms with Gasteiger partial charge in [0.1, 0.15) is 18.0 Å². The van der Waals surface area contributed by atoms with E-state index in [2.05, 4.69) is 63.6 Å². The molecule has 2 N–H and O–H groups in total. The third kappa shape index (κ3) is 10.7. The summed E-state index contributed by atoms with van der Waals surface area (Å²) in [5.74, 6) is 7.19. The van der Waals surface area contributed by atoms with Crippen molar-refractivity contribution in [2.75, 3.05) is 84.3 Å². The number of halogens is 1. The summed E-state index contributed by atoms with van der Waals surface area (Å²) in [6.45, 7) is 5.81. The van der Waals surface area contributed by atoms with Crippen LogP contribution in [0.4, 0.5) is 10.1 Å². The molecule has 0 bridgehead atoms. The van der Waals surface area contributed by atoms with Gasteiger partial charge in [0.25, 0.3) is 11.5 Å². The first-order chi connectivity index (χ1) is 36.5. The van der Waals surface area contributed by atoms with Crippen molar-refractivity contribution < 1.29 is 37.8 Å². The summed E-state index contributed by atoms with van der Waals surface area (Å²) in [4.78, 5) is 69.1. The zero-order chi connectivity index (χ0) is 52.1. The van der Waals surface area contributed by atoms with E-state index in [0.29, 0.717) is 85.3 Å². The minimum Gasteiger partial charge on any atom is -0.377 e. The maximum absolute atomic E-state index is 15.0. The smallest absolute Gasteiger partial charge is 0.272 e. The van der Waals surface area contributed by atoms with Crippen LogP contribution in [-0.2, 0) is 35.0 Å². The second-order valence-corrected chi connectivity index (χ2v) is 21.3. The Kier molecular flexibility index (Phi) is 15.8. The Morgan fingerprint density at radius 1 is 0.920 bits per heavy atom. The van der Waals surface area contributed by atoms with Gasteiger partial charge in [0.05, 0.1) is 43.1 Å². The van der Waals surface area contributed by atoms with Crippen LogP contribution in [0.25, 0.3) is 10.8 Å². The number of hydrogen-bond donors (Lipinski definition) is 2. The van der Waals surface area contributed by atoms with Crippen molar-refractivity contribution in [2.24, 2.45) is 17.3 Å². The molecule has 394 valence electrons. The highest BCUT2D eigenvalue weighted by atomic mass is 19.1. The van der Waals surface area contributed by atoms with Crippen molar-refractivity contribution in [3.05, 3.63) is 128 Å². The lowest BCUT2D eigenvalue weighted by Gasteiger charge is -2.61. The number of ether oxygens (including phenoxy) is 3. The molecule has 3 amide bonds. The molecule has 4 aliphatic carbocycles. The van der Waals surface area contributed by atoms with Gasteiger partial charge in [-0.3, -0.25) is 24.0 Å². The van der Waals surface area contributed by atoms with Crippen molar-refractivity contribution in [3.8, 4) is 11.8 Å². The molecule has 3 heterocycles. The van der Waals surface area contributed by atoms with Gasteiger partial charge < -0.3 is 34.2 Å². The van der Waals surface area contributed by atoms with Gasteiger partial charge in [0.15, 0.2) is 5.78 Å². The van der Waals surface area contributed by atoms with Crippen molar-refractivity contribution >= 4 is 40.0 Å². The number of nitrogens with one attached hydrogen (secondary N) is 2. The summed E-state index contributed by atoms with van der Waals surface area (Å²) in [6.07, 6.45) is 12.2. The highest BCUT2D eigenvalue weighted by Gasteiger charge is 2.71. The number of aromatic amines is 1. The molecular weight excluding hydrogens is 952 g/mol. The molecule has 2 aliphatic heterocycles. The topological polar surface area (TPSA) is 163 Å². The van der Waals surface area contributed by atoms with Gasteiger partial charge in [-0.15, -0.1) is 5.92 Å². The highest BCUT2D eigenvalue weighted by Crippen LogP contribution is 2.71. The molecule has 0 radical (unpaired) electrons. The van der Waals surface area contributed by atoms with Gasteiger partial charge in [-0.25, -0.2) is 9.49 Å². The number of ketones is 1. The second-order valence-electron chi connectivity index (χ2n) is 21.3. The number of aromatic nitrogens is 2. The van der Waals surface area contributed by atoms with Gasteiger partial charge in [0.2, 0.25) is 11.8 Å². The molecule has 10 rings (SSSR count). The van der Waals surface area contributed by atoms with Crippen LogP contribution in [0.5, 0.6) is 0 Å². The molecular formula is C60H69FN6O8. The molecule has 3 aromatic carbocycles. The van der Waals surface area contributed by atoms with Crippen LogP contribution in [0.2, 0.25) is 0 Å². The van der Waals surface area contributed by atoms with E-state index in [9.17, 15) is 28.4 Å². The summed E-state index contributed by atoms with van der Waals surface area (Å²) < 4.78 is 32.6. The zero-order valence-corrected chi connectivity index (χ0v) is 43.4. The minimum absolute atomic E-state index is 0.00357. The summed E-state index contributed by atoms with van der Waals surface area (Å²) in [6, 6.07) is 20.7. The number of carbonyl (C=O) groups excluding carboxylic acids is 4. The number of anilines is 1. The van der Waals surface area contributed by atoms with E-state index in [4.69, 9.17) is 14.2 Å². The fourth-order valence-corrected chi connectivity index (χ4v) is 13.2. The Labute approximate surface area is 438 Å². The number of rotatable bonds is 19. The molecule has 0 unspecified atom stereocenters. The molecule has 1 aromatic heterocycles. The lowest BCUT2D eigenvalue weighted by molar-refractivity contribution is -0.245. The van der Waals surface area contributed by atoms with E-state index >= 15 is 0 Å². The Bertz CT molecular complexity index is 3010. The Morgan fingerprint density at radius 2 is 1.71 bits per heavy atom. The molecule has 1 spiro atoms. The molecule has 2 saturated carbocycles. The van der Waals surface area contributed by atoms with E-state index in [1.165, 1.54) is 34.5 Å². The first-order valence-electron chi connectivity index (χ1n) is 27.1. The molecule has 6 aliphatic rings. The predicted molar refractivity (Wildman–Crippen MR) is 284 cm³/mol. The average Bonchev–Trinajstić information content (AvgIpc) is 3.75. The maximum atomic E-state index is 15.0. The minimum atomic E-state index is -0.631. The first kappa shape index (κ1) is 52.0. The van der Waals surface area contributed by atoms with Crippen molar-refractivity contribution in [1.29, 1.82) is 0 Å². The average molecular weight is 1020 g/mol. The van der Waals surface area contributed by atoms with Crippen molar-refractivity contribution in [1.82, 2.24) is 25.3 Å². The number of hydrogen-bond acceptors (Lipinski definition) is 10. The van der Waals surface area contributed by atoms with Crippen LogP contribution in [0, 0.1) is 34.9 Å². The Hall–Kier alpha value is -6.47. The number of piperazine rings is 1. The van der Waals surface area contributed by atoms with Crippen LogP contribution in [-0.4, -0.2) is 128 Å². The standard InChI is InChI=1S/C60H69FN6O8/c1-3-23-60-24-22-51-48-19-15-42-36-44(68)18-20-45(42)56(48)50(37-59(51,60)39-75-60)41-13-16-43(17-14-41)65(2)26-8-4-5-11-54(69)62-25-31-73-32-33-74-38-55(70)66-27-29-67(30-28-66)58(72)49-34-40(12-21-52(49)61)35-53-46-9-6-7-10-47(46)57(71)64-63-53/h6-7,9-10,12-14,16-17,21,34,36,48,50-51H,4-5,8,11,15,18-20,22,24-33,35,37-39H2,1-2H3,(H,62,69)(H,64,71)/t48-,50+,51-,59+,60-/m0/s1. The summed E-state index contributed by atoms with van der Waals surface area (Å²) in [5.41, 5.74) is 7.60. The van der Waals surface area contributed by atoms with E-state index in [-0.39, 0.29) is 72.6 Å². The SMILES string of the molecule is CC#C[C@]12CC[C@H]3[C@@H]4CCC5=CC(=O)CCC5=C4[C@@H](c4ccc(N(C)CCCCCC(=O)NCCOCCOCC(=O)N5CCN(C(=O)c6cc(Cc7n[nH]c(=O)c8ccccc78)ccc6F)CC5)cc4)C[C@@]31CO2. The molecule has 75 heavy (non-hydrogen) atoms. The second kappa shape index (κ2) is 22.8. The van der Waals surface area contributed by atoms with Crippen molar-refractivity contribution in [3.63, 3.8) is 0 Å². The first-order valence-corrected chi connectivity index (χ1v) is 27.1. The van der Waals surface area contributed by atoms with Crippen LogP contribution in [0.3, 0.4) is 0 Å². The third-order valence-electron chi connectivity index (χ3n) is 17.1. The molecule has 2 saturated heterocycles. The Morgan fingerprint density at radius 3 is 2.49 bits per heavy atom. The van der Waals surface area contributed by atoms with Gasteiger partial charge in [-0.1, -0.05) is 54.3 Å². The number of benzene rings is 3. The number of carbonyl (C=O) groups is 4. The number of fused-ring (bicyclic) bond motifs is 4. The summed E-state index contributed by atoms with van der Waals surface area (Å²) in [7, 11) is 2.13. The number of unbranched alkanes of at least 4 members (excludes halogenated alkanes) is 2. The van der Waals surface area contributed by atoms with Gasteiger partial charge in [-0.05, 0) is 129 Å². The van der Waals surface area contributed by atoms with E-state index in [1.807, 2.05) is 25.1 Å².